The number of pyridine rings is 2. The third-order valence-corrected chi connectivity index (χ3v) is 8.64. The minimum absolute atomic E-state index is 0.483. The number of likely N-dealkylation sites (tertiary alicyclic amines) is 2. The van der Waals surface area contributed by atoms with E-state index in [1.54, 1.807) is 0 Å². The predicted molar refractivity (Wildman–Crippen MR) is 150 cm³/mol. The normalized spacial score (nSPS) is 18.7. The molecule has 2 saturated heterocycles. The van der Waals surface area contributed by atoms with Crippen molar-refractivity contribution in [1.82, 2.24) is 34.5 Å². The Labute approximate surface area is 219 Å². The molecule has 2 fully saturated rings. The Kier molecular flexibility index (Phi) is 6.82. The number of aromatic nitrogens is 5. The SMILES string of the molecule is CCc1cc(-c2cnc3[nH]cc(-c4cnn(C5CCN(CC)CC5)c4)c3c2)cnc1C1CCN(C)CC1. The average molecular weight is 498 g/mol. The third kappa shape index (κ3) is 4.82. The Hall–Kier alpha value is -3.03. The topological polar surface area (TPSA) is 65.9 Å². The van der Waals surface area contributed by atoms with Crippen molar-refractivity contribution < 1.29 is 0 Å². The molecule has 6 heterocycles. The average Bonchev–Trinajstić information content (AvgIpc) is 3.60. The lowest BCUT2D eigenvalue weighted by Gasteiger charge is -2.31. The van der Waals surface area contributed by atoms with Gasteiger partial charge in [0.1, 0.15) is 5.65 Å². The first-order valence-corrected chi connectivity index (χ1v) is 14.0. The van der Waals surface area contributed by atoms with Crippen LogP contribution < -0.4 is 0 Å². The van der Waals surface area contributed by atoms with Gasteiger partial charge in [-0.15, -0.1) is 0 Å². The molecule has 2 aliphatic rings. The standard InChI is InChI=1S/C30H39N7/c1-4-21-14-23(16-31-29(21)22-6-10-35(3)11-7-22)24-15-27-28(19-33-30(27)32-17-24)25-18-34-37(20-25)26-8-12-36(5-2)13-9-26/h14-20,22,26H,4-13H2,1-3H3,(H,32,33). The summed E-state index contributed by atoms with van der Waals surface area (Å²) in [7, 11) is 2.22. The highest BCUT2D eigenvalue weighted by Crippen LogP contribution is 2.34. The van der Waals surface area contributed by atoms with Crippen molar-refractivity contribution in [1.29, 1.82) is 0 Å². The van der Waals surface area contributed by atoms with Crippen molar-refractivity contribution >= 4 is 11.0 Å². The van der Waals surface area contributed by atoms with E-state index in [1.807, 2.05) is 12.4 Å². The third-order valence-electron chi connectivity index (χ3n) is 8.64. The van der Waals surface area contributed by atoms with Crippen LogP contribution in [-0.2, 0) is 6.42 Å². The van der Waals surface area contributed by atoms with Crippen molar-refractivity contribution in [3.8, 4) is 22.3 Å². The number of nitrogens with zero attached hydrogens (tertiary/aromatic N) is 6. The number of piperidine rings is 2. The monoisotopic (exact) mass is 497 g/mol. The summed E-state index contributed by atoms with van der Waals surface area (Å²) in [6, 6.07) is 5.09. The largest absolute Gasteiger partial charge is 0.346 e. The molecule has 7 heteroatoms. The molecule has 7 nitrogen and oxygen atoms in total. The molecule has 0 spiro atoms. The lowest BCUT2D eigenvalue weighted by atomic mass is 9.89. The Morgan fingerprint density at radius 3 is 2.41 bits per heavy atom. The highest BCUT2D eigenvalue weighted by molar-refractivity contribution is 5.95. The maximum absolute atomic E-state index is 5.02. The first kappa shape index (κ1) is 24.3. The molecule has 4 aromatic heterocycles. The molecule has 2 aliphatic heterocycles. The zero-order valence-corrected chi connectivity index (χ0v) is 22.5. The van der Waals surface area contributed by atoms with Crippen LogP contribution in [0.1, 0.15) is 62.7 Å². The molecule has 0 unspecified atom stereocenters. The van der Waals surface area contributed by atoms with Gasteiger partial charge in [0.25, 0.3) is 0 Å². The Bertz CT molecular complexity index is 1350. The van der Waals surface area contributed by atoms with Gasteiger partial charge >= 0.3 is 0 Å². The lowest BCUT2D eigenvalue weighted by Crippen LogP contribution is -2.34. The molecule has 0 atom stereocenters. The van der Waals surface area contributed by atoms with E-state index in [4.69, 9.17) is 15.1 Å². The molecule has 194 valence electrons. The summed E-state index contributed by atoms with van der Waals surface area (Å²) >= 11 is 0. The van der Waals surface area contributed by atoms with Crippen molar-refractivity contribution in [2.24, 2.45) is 0 Å². The molecule has 0 radical (unpaired) electrons. The summed E-state index contributed by atoms with van der Waals surface area (Å²) in [6.07, 6.45) is 16.0. The summed E-state index contributed by atoms with van der Waals surface area (Å²) in [6.45, 7) is 10.2. The number of nitrogens with one attached hydrogen (secondary N) is 1. The predicted octanol–water partition coefficient (Wildman–Crippen LogP) is 5.52. The van der Waals surface area contributed by atoms with Gasteiger partial charge < -0.3 is 14.8 Å². The van der Waals surface area contributed by atoms with E-state index in [1.165, 1.54) is 24.1 Å². The number of rotatable bonds is 6. The Morgan fingerprint density at radius 2 is 1.65 bits per heavy atom. The zero-order valence-electron chi connectivity index (χ0n) is 22.5. The smallest absolute Gasteiger partial charge is 0.137 e. The highest BCUT2D eigenvalue weighted by Gasteiger charge is 2.23. The van der Waals surface area contributed by atoms with E-state index in [9.17, 15) is 0 Å². The fourth-order valence-electron chi connectivity index (χ4n) is 6.19. The number of hydrogen-bond donors (Lipinski definition) is 1. The van der Waals surface area contributed by atoms with Crippen LogP contribution >= 0.6 is 0 Å². The molecule has 0 amide bonds. The summed E-state index contributed by atoms with van der Waals surface area (Å²) in [5, 5.41) is 5.90. The van der Waals surface area contributed by atoms with Crippen molar-refractivity contribution in [2.45, 2.75) is 57.9 Å². The highest BCUT2D eigenvalue weighted by atomic mass is 15.3. The van der Waals surface area contributed by atoms with Gasteiger partial charge in [0.05, 0.1) is 12.2 Å². The van der Waals surface area contributed by atoms with Gasteiger partial charge in [-0.3, -0.25) is 9.67 Å². The maximum atomic E-state index is 5.02. The Balaban J connectivity index is 1.27. The van der Waals surface area contributed by atoms with Crippen LogP contribution in [0.3, 0.4) is 0 Å². The van der Waals surface area contributed by atoms with Gasteiger partial charge in [0.15, 0.2) is 0 Å². The quantitative estimate of drug-likeness (QED) is 0.380. The van der Waals surface area contributed by atoms with Crippen LogP contribution in [0.25, 0.3) is 33.3 Å². The van der Waals surface area contributed by atoms with Gasteiger partial charge in [0, 0.05) is 77.1 Å². The summed E-state index contributed by atoms with van der Waals surface area (Å²) in [4.78, 5) is 18.1. The van der Waals surface area contributed by atoms with Crippen LogP contribution in [0.5, 0.6) is 0 Å². The summed E-state index contributed by atoms with van der Waals surface area (Å²) < 4.78 is 2.18. The molecule has 0 saturated carbocycles. The van der Waals surface area contributed by atoms with Gasteiger partial charge in [-0.05, 0) is 76.5 Å². The summed E-state index contributed by atoms with van der Waals surface area (Å²) in [5.74, 6) is 0.572. The van der Waals surface area contributed by atoms with Gasteiger partial charge in [-0.25, -0.2) is 4.98 Å². The van der Waals surface area contributed by atoms with Crippen LogP contribution in [0.2, 0.25) is 0 Å². The second-order valence-electron chi connectivity index (χ2n) is 10.9. The number of hydrogen-bond acceptors (Lipinski definition) is 5. The maximum Gasteiger partial charge on any atom is 0.137 e. The summed E-state index contributed by atoms with van der Waals surface area (Å²) in [5.41, 5.74) is 8.15. The minimum Gasteiger partial charge on any atom is -0.346 e. The van der Waals surface area contributed by atoms with E-state index in [2.05, 4.69) is 71.1 Å². The molecule has 0 aromatic carbocycles. The lowest BCUT2D eigenvalue weighted by molar-refractivity contribution is 0.187. The van der Waals surface area contributed by atoms with Crippen LogP contribution in [0.4, 0.5) is 0 Å². The minimum atomic E-state index is 0.483. The van der Waals surface area contributed by atoms with Crippen molar-refractivity contribution in [3.05, 3.63) is 54.4 Å². The fraction of sp³-hybridized carbons (Fsp3) is 0.500. The number of H-pyrrole nitrogens is 1. The van der Waals surface area contributed by atoms with Crippen LogP contribution in [-0.4, -0.2) is 74.3 Å². The molecular weight excluding hydrogens is 458 g/mol. The van der Waals surface area contributed by atoms with Gasteiger partial charge in [-0.2, -0.15) is 5.10 Å². The first-order valence-electron chi connectivity index (χ1n) is 14.0. The zero-order chi connectivity index (χ0) is 25.4. The van der Waals surface area contributed by atoms with Crippen LogP contribution in [0.15, 0.2) is 43.1 Å². The molecule has 0 aliphatic carbocycles. The number of aromatic amines is 1. The number of aryl methyl sites for hydroxylation is 1. The molecule has 6 rings (SSSR count). The van der Waals surface area contributed by atoms with Gasteiger partial charge in [-0.1, -0.05) is 13.8 Å². The first-order chi connectivity index (χ1) is 18.1. The fourth-order valence-corrected chi connectivity index (χ4v) is 6.19. The van der Waals surface area contributed by atoms with E-state index < -0.39 is 0 Å². The van der Waals surface area contributed by atoms with E-state index >= 15 is 0 Å². The molecule has 37 heavy (non-hydrogen) atoms. The van der Waals surface area contributed by atoms with Crippen molar-refractivity contribution in [2.75, 3.05) is 39.8 Å². The van der Waals surface area contributed by atoms with E-state index in [0.29, 0.717) is 12.0 Å². The molecule has 4 aromatic rings. The number of fused-ring (bicyclic) bond motifs is 1. The van der Waals surface area contributed by atoms with Gasteiger partial charge in [0.2, 0.25) is 0 Å². The molecular formula is C30H39N7. The van der Waals surface area contributed by atoms with Crippen molar-refractivity contribution in [3.63, 3.8) is 0 Å². The Morgan fingerprint density at radius 1 is 0.892 bits per heavy atom. The van der Waals surface area contributed by atoms with E-state index in [0.717, 1.165) is 85.3 Å². The second kappa shape index (κ2) is 10.4. The van der Waals surface area contributed by atoms with Crippen LogP contribution in [0, 0.1) is 0 Å². The van der Waals surface area contributed by atoms with E-state index in [-0.39, 0.29) is 0 Å². The second-order valence-corrected chi connectivity index (χ2v) is 10.9. The molecule has 1 N–H and O–H groups in total. The molecule has 0 bridgehead atoms.